The minimum Gasteiger partial charge on any atom is -0.352 e. The summed E-state index contributed by atoms with van der Waals surface area (Å²) in [5, 5.41) is 4.37. The van der Waals surface area contributed by atoms with Gasteiger partial charge in [-0.05, 0) is 79.9 Å². The van der Waals surface area contributed by atoms with E-state index in [4.69, 9.17) is 17.2 Å². The second-order valence-corrected chi connectivity index (χ2v) is 9.72. The van der Waals surface area contributed by atoms with Gasteiger partial charge in [0.1, 0.15) is 0 Å². The molecule has 4 nitrogen and oxygen atoms in total. The summed E-state index contributed by atoms with van der Waals surface area (Å²) >= 11 is 5.91. The summed E-state index contributed by atoms with van der Waals surface area (Å²) in [5.74, 6) is 0. The molecule has 0 aliphatic carbocycles. The zero-order valence-electron chi connectivity index (χ0n) is 20.8. The van der Waals surface area contributed by atoms with Crippen molar-refractivity contribution in [3.8, 4) is 5.69 Å². The SMILES string of the molecule is CCc1cccc(C)c1-n1c(C)cc([C@@H]2[C@H](c3ccccn3)NC(=S)N2Cc2ccccc2)c1C. The van der Waals surface area contributed by atoms with E-state index in [1.807, 2.05) is 18.3 Å². The normalized spacial score (nSPS) is 17.6. The Bertz CT molecular complexity index is 1340. The average molecular weight is 481 g/mol. The van der Waals surface area contributed by atoms with E-state index in [0.29, 0.717) is 0 Å². The van der Waals surface area contributed by atoms with Crippen LogP contribution in [0.1, 0.15) is 58.3 Å². The smallest absolute Gasteiger partial charge is 0.170 e. The van der Waals surface area contributed by atoms with Crippen molar-refractivity contribution in [2.45, 2.75) is 52.7 Å². The molecule has 4 aromatic rings. The molecule has 3 heterocycles. The molecule has 1 fully saturated rings. The predicted octanol–water partition coefficient (Wildman–Crippen LogP) is 6.53. The van der Waals surface area contributed by atoms with Gasteiger partial charge >= 0.3 is 0 Å². The van der Waals surface area contributed by atoms with Crippen molar-refractivity contribution in [1.29, 1.82) is 0 Å². The lowest BCUT2D eigenvalue weighted by Crippen LogP contribution is -2.29. The van der Waals surface area contributed by atoms with E-state index in [0.717, 1.165) is 23.8 Å². The van der Waals surface area contributed by atoms with Crippen LogP contribution in [0.3, 0.4) is 0 Å². The summed E-state index contributed by atoms with van der Waals surface area (Å²) in [7, 11) is 0. The standard InChI is InChI=1S/C30H32N4S/c1-5-24-15-11-12-20(2)28(24)34-21(3)18-25(22(34)4)29-27(26-16-9-10-17-31-26)32-30(35)33(29)19-23-13-7-6-8-14-23/h6-18,27,29H,5,19H2,1-4H3,(H,32,35)/t27-,29+/m0/s1. The molecule has 2 aromatic heterocycles. The van der Waals surface area contributed by atoms with Crippen LogP contribution < -0.4 is 5.32 Å². The Hall–Kier alpha value is -3.44. The third-order valence-electron chi connectivity index (χ3n) is 7.11. The number of para-hydroxylation sites is 1. The van der Waals surface area contributed by atoms with Crippen molar-refractivity contribution in [2.75, 3.05) is 0 Å². The highest BCUT2D eigenvalue weighted by Crippen LogP contribution is 2.42. The highest BCUT2D eigenvalue weighted by molar-refractivity contribution is 7.80. The van der Waals surface area contributed by atoms with E-state index in [2.05, 4.69) is 103 Å². The molecule has 2 aromatic carbocycles. The van der Waals surface area contributed by atoms with Gasteiger partial charge in [-0.25, -0.2) is 0 Å². The minimum atomic E-state index is -0.0242. The second-order valence-electron chi connectivity index (χ2n) is 9.34. The summed E-state index contributed by atoms with van der Waals surface area (Å²) in [6, 6.07) is 25.6. The molecular formula is C30H32N4S. The molecule has 0 radical (unpaired) electrons. The van der Waals surface area contributed by atoms with Gasteiger partial charge in [0.05, 0.1) is 23.5 Å². The van der Waals surface area contributed by atoms with Gasteiger partial charge in [0.15, 0.2) is 5.11 Å². The van der Waals surface area contributed by atoms with Gasteiger partial charge in [-0.1, -0.05) is 61.5 Å². The van der Waals surface area contributed by atoms with Crippen LogP contribution >= 0.6 is 12.2 Å². The number of hydrogen-bond donors (Lipinski definition) is 1. The molecule has 0 unspecified atom stereocenters. The van der Waals surface area contributed by atoms with Crippen LogP contribution in [-0.2, 0) is 13.0 Å². The van der Waals surface area contributed by atoms with Crippen LogP contribution in [0, 0.1) is 20.8 Å². The predicted molar refractivity (Wildman–Crippen MR) is 147 cm³/mol. The topological polar surface area (TPSA) is 33.1 Å². The molecule has 1 N–H and O–H groups in total. The fourth-order valence-electron chi connectivity index (χ4n) is 5.45. The molecule has 5 heteroatoms. The number of benzene rings is 2. The highest BCUT2D eigenvalue weighted by Gasteiger charge is 2.41. The molecule has 5 rings (SSSR count). The molecule has 178 valence electrons. The van der Waals surface area contributed by atoms with Gasteiger partial charge in [0.2, 0.25) is 0 Å². The lowest BCUT2D eigenvalue weighted by atomic mass is 9.96. The number of pyridine rings is 1. The summed E-state index contributed by atoms with van der Waals surface area (Å²) in [5.41, 5.74) is 9.97. The maximum Gasteiger partial charge on any atom is 0.170 e. The monoisotopic (exact) mass is 480 g/mol. The molecule has 1 aliphatic rings. The maximum absolute atomic E-state index is 5.91. The average Bonchev–Trinajstić information content (AvgIpc) is 3.35. The summed E-state index contributed by atoms with van der Waals surface area (Å²) < 4.78 is 2.43. The van der Waals surface area contributed by atoms with Gasteiger partial charge in [-0.15, -0.1) is 0 Å². The number of nitrogens with one attached hydrogen (secondary N) is 1. The maximum atomic E-state index is 5.91. The molecule has 0 bridgehead atoms. The zero-order valence-corrected chi connectivity index (χ0v) is 21.6. The van der Waals surface area contributed by atoms with E-state index < -0.39 is 0 Å². The minimum absolute atomic E-state index is 0.0242. The van der Waals surface area contributed by atoms with Crippen LogP contribution in [0.25, 0.3) is 5.69 Å². The lowest BCUT2D eigenvalue weighted by molar-refractivity contribution is 0.310. The van der Waals surface area contributed by atoms with Crippen molar-refractivity contribution < 1.29 is 0 Å². The van der Waals surface area contributed by atoms with E-state index >= 15 is 0 Å². The van der Waals surface area contributed by atoms with Crippen molar-refractivity contribution in [3.63, 3.8) is 0 Å². The van der Waals surface area contributed by atoms with E-state index in [9.17, 15) is 0 Å². The first-order valence-corrected chi connectivity index (χ1v) is 12.7. The van der Waals surface area contributed by atoms with Gasteiger partial charge in [0, 0.05) is 24.1 Å². The number of aryl methyl sites for hydroxylation is 3. The molecule has 0 spiro atoms. The second kappa shape index (κ2) is 9.67. The fourth-order valence-corrected chi connectivity index (χ4v) is 5.76. The van der Waals surface area contributed by atoms with Crippen LogP contribution in [-0.4, -0.2) is 19.6 Å². The largest absolute Gasteiger partial charge is 0.352 e. The Morgan fingerprint density at radius 2 is 1.71 bits per heavy atom. The Kier molecular flexibility index (Phi) is 6.44. The first-order valence-electron chi connectivity index (χ1n) is 12.3. The number of hydrogen-bond acceptors (Lipinski definition) is 2. The third kappa shape index (κ3) is 4.25. The molecule has 0 saturated carbocycles. The van der Waals surface area contributed by atoms with E-state index in [1.165, 1.54) is 39.3 Å². The zero-order chi connectivity index (χ0) is 24.5. The summed E-state index contributed by atoms with van der Waals surface area (Å²) in [6.07, 6.45) is 2.86. The van der Waals surface area contributed by atoms with Gasteiger partial charge in [0.25, 0.3) is 0 Å². The van der Waals surface area contributed by atoms with Crippen LogP contribution in [0.2, 0.25) is 0 Å². The Balaban J connectivity index is 1.66. The molecule has 0 amide bonds. The van der Waals surface area contributed by atoms with Gasteiger partial charge in [-0.3, -0.25) is 4.98 Å². The van der Waals surface area contributed by atoms with Crippen molar-refractivity contribution in [3.05, 3.63) is 118 Å². The Morgan fingerprint density at radius 1 is 0.943 bits per heavy atom. The first-order chi connectivity index (χ1) is 17.0. The molecule has 35 heavy (non-hydrogen) atoms. The Morgan fingerprint density at radius 3 is 2.43 bits per heavy atom. The molecule has 1 aliphatic heterocycles. The lowest BCUT2D eigenvalue weighted by Gasteiger charge is -2.28. The fraction of sp³-hybridized carbons (Fsp3) is 0.267. The van der Waals surface area contributed by atoms with Crippen LogP contribution in [0.15, 0.2) is 79.0 Å². The molecule has 1 saturated heterocycles. The van der Waals surface area contributed by atoms with Crippen LogP contribution in [0.4, 0.5) is 0 Å². The van der Waals surface area contributed by atoms with E-state index in [-0.39, 0.29) is 12.1 Å². The number of aromatic nitrogens is 2. The third-order valence-corrected chi connectivity index (χ3v) is 7.46. The first kappa shape index (κ1) is 23.3. The number of nitrogens with zero attached hydrogens (tertiary/aromatic N) is 3. The number of thiocarbonyl (C=S) groups is 1. The Labute approximate surface area is 213 Å². The highest BCUT2D eigenvalue weighted by atomic mass is 32.1. The summed E-state index contributed by atoms with van der Waals surface area (Å²) in [4.78, 5) is 7.04. The van der Waals surface area contributed by atoms with Gasteiger partial charge in [-0.2, -0.15) is 0 Å². The van der Waals surface area contributed by atoms with Crippen molar-refractivity contribution in [1.82, 2.24) is 19.8 Å². The van der Waals surface area contributed by atoms with Crippen molar-refractivity contribution >= 4 is 17.3 Å². The molecule has 2 atom stereocenters. The van der Waals surface area contributed by atoms with Crippen LogP contribution in [0.5, 0.6) is 0 Å². The quantitative estimate of drug-likeness (QED) is 0.318. The van der Waals surface area contributed by atoms with Gasteiger partial charge < -0.3 is 14.8 Å². The van der Waals surface area contributed by atoms with E-state index in [1.54, 1.807) is 0 Å². The summed E-state index contributed by atoms with van der Waals surface area (Å²) in [6.45, 7) is 9.63. The van der Waals surface area contributed by atoms with Crippen molar-refractivity contribution in [2.24, 2.45) is 0 Å². The number of rotatable bonds is 6. The molecular weight excluding hydrogens is 448 g/mol.